The minimum Gasteiger partial charge on any atom is -0.378 e. The second-order valence-corrected chi connectivity index (χ2v) is 6.68. The summed E-state index contributed by atoms with van der Waals surface area (Å²) in [6.07, 6.45) is 0. The van der Waals surface area contributed by atoms with E-state index in [9.17, 15) is 0 Å². The van der Waals surface area contributed by atoms with Gasteiger partial charge in [-0.25, -0.2) is 4.99 Å². The number of aliphatic imine (C=N–C) groups is 1. The van der Waals surface area contributed by atoms with Gasteiger partial charge in [0, 0.05) is 50.7 Å². The van der Waals surface area contributed by atoms with Crippen molar-refractivity contribution in [3.8, 4) is 0 Å². The molecule has 0 saturated heterocycles. The van der Waals surface area contributed by atoms with Gasteiger partial charge >= 0.3 is 0 Å². The van der Waals surface area contributed by atoms with E-state index in [1.54, 1.807) is 0 Å². The van der Waals surface area contributed by atoms with Gasteiger partial charge in [0.25, 0.3) is 0 Å². The molecule has 3 rings (SSSR count). The molecule has 0 aliphatic heterocycles. The summed E-state index contributed by atoms with van der Waals surface area (Å²) < 4.78 is 0. The van der Waals surface area contributed by atoms with Gasteiger partial charge in [0.2, 0.25) is 0 Å². The van der Waals surface area contributed by atoms with Crippen LogP contribution < -0.4 is 9.80 Å². The Morgan fingerprint density at radius 2 is 1.04 bits per heavy atom. The van der Waals surface area contributed by atoms with Crippen LogP contribution in [0.15, 0.2) is 83.9 Å². The lowest BCUT2D eigenvalue weighted by Gasteiger charge is -2.14. The molecule has 0 aliphatic carbocycles. The van der Waals surface area contributed by atoms with Crippen LogP contribution in [0.1, 0.15) is 11.1 Å². The summed E-state index contributed by atoms with van der Waals surface area (Å²) in [5.74, 6) is 0. The van der Waals surface area contributed by atoms with Crippen molar-refractivity contribution in [2.75, 3.05) is 38.0 Å². The molecule has 3 aromatic carbocycles. The molecule has 132 valence electrons. The van der Waals surface area contributed by atoms with Crippen LogP contribution in [0.25, 0.3) is 0 Å². The molecule has 0 unspecified atom stereocenters. The van der Waals surface area contributed by atoms with Gasteiger partial charge in [-0.2, -0.15) is 0 Å². The van der Waals surface area contributed by atoms with Crippen LogP contribution in [0, 0.1) is 0 Å². The summed E-state index contributed by atoms with van der Waals surface area (Å²) in [5, 5.41) is 0. The number of nitrogens with zero attached hydrogens (tertiary/aromatic N) is 3. The van der Waals surface area contributed by atoms with E-state index in [4.69, 9.17) is 4.99 Å². The van der Waals surface area contributed by atoms with Gasteiger partial charge < -0.3 is 9.80 Å². The number of rotatable bonds is 5. The van der Waals surface area contributed by atoms with Crippen LogP contribution in [-0.4, -0.2) is 33.9 Å². The lowest BCUT2D eigenvalue weighted by atomic mass is 10.0. The molecule has 0 atom stereocenters. The van der Waals surface area contributed by atoms with E-state index in [2.05, 4.69) is 70.5 Å². The average molecular weight is 343 g/mol. The molecule has 0 N–H and O–H groups in total. The Balaban J connectivity index is 2.03. The predicted molar refractivity (Wildman–Crippen MR) is 113 cm³/mol. The van der Waals surface area contributed by atoms with Gasteiger partial charge in [0.05, 0.1) is 11.4 Å². The van der Waals surface area contributed by atoms with E-state index in [1.807, 2.05) is 46.4 Å². The Morgan fingerprint density at radius 3 is 1.54 bits per heavy atom. The fourth-order valence-electron chi connectivity index (χ4n) is 2.76. The summed E-state index contributed by atoms with van der Waals surface area (Å²) in [5.41, 5.74) is 6.50. The molecule has 0 aliphatic rings. The molecule has 3 heteroatoms. The normalized spacial score (nSPS) is 11.3. The van der Waals surface area contributed by atoms with E-state index >= 15 is 0 Å². The second kappa shape index (κ2) is 7.87. The molecule has 0 spiro atoms. The lowest BCUT2D eigenvalue weighted by molar-refractivity contribution is 1.13. The fraction of sp³-hybridized carbons (Fsp3) is 0.174. The molecule has 0 amide bonds. The molecule has 0 fully saturated rings. The maximum absolute atomic E-state index is 4.96. The van der Waals surface area contributed by atoms with Gasteiger partial charge in [-0.1, -0.05) is 42.5 Å². The first kappa shape index (κ1) is 17.7. The summed E-state index contributed by atoms with van der Waals surface area (Å²) in [4.78, 5) is 9.15. The molecule has 3 nitrogen and oxygen atoms in total. The van der Waals surface area contributed by atoms with Crippen LogP contribution in [0.3, 0.4) is 0 Å². The van der Waals surface area contributed by atoms with Crippen LogP contribution in [0.5, 0.6) is 0 Å². The molecular weight excluding hydrogens is 318 g/mol. The highest BCUT2D eigenvalue weighted by atomic mass is 15.1. The Morgan fingerprint density at radius 1 is 0.577 bits per heavy atom. The second-order valence-electron chi connectivity index (χ2n) is 6.68. The largest absolute Gasteiger partial charge is 0.378 e. The molecule has 0 aromatic heterocycles. The summed E-state index contributed by atoms with van der Waals surface area (Å²) >= 11 is 0. The Kier molecular flexibility index (Phi) is 5.37. The Labute approximate surface area is 156 Å². The third-order valence-corrected chi connectivity index (χ3v) is 4.31. The van der Waals surface area contributed by atoms with Crippen LogP contribution in [0.4, 0.5) is 17.1 Å². The van der Waals surface area contributed by atoms with Crippen molar-refractivity contribution in [3.63, 3.8) is 0 Å². The minimum atomic E-state index is 0.950. The van der Waals surface area contributed by atoms with Crippen molar-refractivity contribution in [2.45, 2.75) is 0 Å². The first-order valence-corrected chi connectivity index (χ1v) is 8.74. The maximum Gasteiger partial charge on any atom is 0.0781 e. The topological polar surface area (TPSA) is 18.8 Å². The SMILES string of the molecule is CN(C)c1ccc(N=C(c2ccccc2)c2ccc(N(C)C)cc2)cc1. The van der Waals surface area contributed by atoms with Crippen molar-refractivity contribution < 1.29 is 0 Å². The summed E-state index contributed by atoms with van der Waals surface area (Å²) in [6.45, 7) is 0. The standard InChI is InChI=1S/C23H25N3/c1-25(2)21-14-10-19(11-15-21)23(18-8-6-5-7-9-18)24-20-12-16-22(17-13-20)26(3)4/h5-17H,1-4H3. The number of benzene rings is 3. The van der Waals surface area contributed by atoms with Gasteiger partial charge in [-0.3, -0.25) is 0 Å². The van der Waals surface area contributed by atoms with E-state index in [1.165, 1.54) is 11.4 Å². The number of hydrogen-bond acceptors (Lipinski definition) is 3. The zero-order valence-electron chi connectivity index (χ0n) is 15.8. The van der Waals surface area contributed by atoms with E-state index in [-0.39, 0.29) is 0 Å². The minimum absolute atomic E-state index is 0.950. The molecule has 0 bridgehead atoms. The van der Waals surface area contributed by atoms with E-state index < -0.39 is 0 Å². The Hall–Kier alpha value is -3.07. The van der Waals surface area contributed by atoms with Crippen LogP contribution in [0.2, 0.25) is 0 Å². The summed E-state index contributed by atoms with van der Waals surface area (Å²) in [6, 6.07) is 27.2. The molecule has 0 heterocycles. The van der Waals surface area contributed by atoms with Crippen molar-refractivity contribution in [2.24, 2.45) is 4.99 Å². The molecular formula is C23H25N3. The van der Waals surface area contributed by atoms with Crippen molar-refractivity contribution in [3.05, 3.63) is 90.0 Å². The third kappa shape index (κ3) is 4.12. The van der Waals surface area contributed by atoms with Gasteiger partial charge in [-0.05, 0) is 36.4 Å². The first-order chi connectivity index (χ1) is 12.5. The zero-order chi connectivity index (χ0) is 18.5. The zero-order valence-corrected chi connectivity index (χ0v) is 15.8. The van der Waals surface area contributed by atoms with Gasteiger partial charge in [-0.15, -0.1) is 0 Å². The van der Waals surface area contributed by atoms with E-state index in [0.717, 1.165) is 22.5 Å². The van der Waals surface area contributed by atoms with E-state index in [0.29, 0.717) is 0 Å². The predicted octanol–water partition coefficient (Wildman–Crippen LogP) is 4.99. The monoisotopic (exact) mass is 343 g/mol. The highest BCUT2D eigenvalue weighted by Crippen LogP contribution is 2.22. The highest BCUT2D eigenvalue weighted by molar-refractivity contribution is 6.14. The first-order valence-electron chi connectivity index (χ1n) is 8.74. The maximum atomic E-state index is 4.96. The summed E-state index contributed by atoms with van der Waals surface area (Å²) in [7, 11) is 8.18. The number of hydrogen-bond donors (Lipinski definition) is 0. The van der Waals surface area contributed by atoms with Crippen molar-refractivity contribution in [1.29, 1.82) is 0 Å². The Bertz CT molecular complexity index is 862. The molecule has 0 saturated carbocycles. The molecule has 0 radical (unpaired) electrons. The lowest BCUT2D eigenvalue weighted by Crippen LogP contribution is -2.09. The smallest absolute Gasteiger partial charge is 0.0781 e. The quantitative estimate of drug-likeness (QED) is 0.608. The van der Waals surface area contributed by atoms with Gasteiger partial charge in [0.15, 0.2) is 0 Å². The van der Waals surface area contributed by atoms with Crippen LogP contribution in [-0.2, 0) is 0 Å². The number of anilines is 2. The van der Waals surface area contributed by atoms with Crippen molar-refractivity contribution >= 4 is 22.8 Å². The molecule has 3 aromatic rings. The highest BCUT2D eigenvalue weighted by Gasteiger charge is 2.08. The third-order valence-electron chi connectivity index (χ3n) is 4.31. The van der Waals surface area contributed by atoms with Gasteiger partial charge in [0.1, 0.15) is 0 Å². The average Bonchev–Trinajstić information content (AvgIpc) is 2.67. The van der Waals surface area contributed by atoms with Crippen molar-refractivity contribution in [1.82, 2.24) is 0 Å². The molecule has 26 heavy (non-hydrogen) atoms. The van der Waals surface area contributed by atoms with Crippen LogP contribution >= 0.6 is 0 Å². The fourth-order valence-corrected chi connectivity index (χ4v) is 2.76.